The zero-order chi connectivity index (χ0) is 33.8. The van der Waals surface area contributed by atoms with E-state index in [4.69, 9.17) is 14.4 Å². The van der Waals surface area contributed by atoms with E-state index in [1.807, 2.05) is 18.2 Å². The minimum atomic E-state index is -0.235. The predicted octanol–water partition coefficient (Wildman–Crippen LogP) is 12.3. The van der Waals surface area contributed by atoms with E-state index in [9.17, 15) is 0 Å². The third kappa shape index (κ3) is 3.96. The van der Waals surface area contributed by atoms with Crippen molar-refractivity contribution in [2.45, 2.75) is 19.3 Å². The number of hydrogen-bond donors (Lipinski definition) is 0. The molecule has 10 aromatic rings. The minimum absolute atomic E-state index is 0.235. The van der Waals surface area contributed by atoms with Gasteiger partial charge in [0, 0.05) is 49.2 Å². The summed E-state index contributed by atoms with van der Waals surface area (Å²) < 4.78 is 8.77. The molecular formula is C47H31N3O. The van der Waals surface area contributed by atoms with Crippen molar-refractivity contribution in [2.75, 3.05) is 0 Å². The second-order valence-electron chi connectivity index (χ2n) is 14.2. The van der Waals surface area contributed by atoms with Gasteiger partial charge in [-0.15, -0.1) is 0 Å². The second-order valence-corrected chi connectivity index (χ2v) is 14.2. The van der Waals surface area contributed by atoms with Gasteiger partial charge in [-0.2, -0.15) is 0 Å². The number of furan rings is 1. The molecule has 0 unspecified atom stereocenters. The van der Waals surface area contributed by atoms with Crippen LogP contribution >= 0.6 is 0 Å². The lowest BCUT2D eigenvalue weighted by Gasteiger charge is -2.22. The van der Waals surface area contributed by atoms with Crippen molar-refractivity contribution in [3.8, 4) is 39.5 Å². The molecule has 0 bridgehead atoms. The average Bonchev–Trinajstić information content (AvgIpc) is 3.79. The second kappa shape index (κ2) is 10.3. The molecule has 0 saturated heterocycles. The van der Waals surface area contributed by atoms with Crippen LogP contribution in [0.3, 0.4) is 0 Å². The van der Waals surface area contributed by atoms with Gasteiger partial charge in [-0.25, -0.2) is 9.97 Å². The molecule has 0 fully saturated rings. The zero-order valence-corrected chi connectivity index (χ0v) is 28.2. The predicted molar refractivity (Wildman–Crippen MR) is 210 cm³/mol. The van der Waals surface area contributed by atoms with Gasteiger partial charge in [-0.05, 0) is 70.8 Å². The van der Waals surface area contributed by atoms with Crippen LogP contribution < -0.4 is 0 Å². The molecule has 0 radical (unpaired) electrons. The first-order valence-corrected chi connectivity index (χ1v) is 17.5. The molecule has 0 atom stereocenters. The fourth-order valence-corrected chi connectivity index (χ4v) is 8.66. The number of hydrogen-bond acceptors (Lipinski definition) is 3. The van der Waals surface area contributed by atoms with Crippen molar-refractivity contribution in [1.82, 2.24) is 14.5 Å². The van der Waals surface area contributed by atoms with Gasteiger partial charge in [0.05, 0.1) is 22.2 Å². The summed E-state index contributed by atoms with van der Waals surface area (Å²) in [6.45, 7) is 4.72. The van der Waals surface area contributed by atoms with E-state index in [0.29, 0.717) is 5.82 Å². The van der Waals surface area contributed by atoms with Gasteiger partial charge < -0.3 is 8.98 Å². The van der Waals surface area contributed by atoms with E-state index in [-0.39, 0.29) is 5.41 Å². The number of rotatable bonds is 3. The maximum Gasteiger partial charge on any atom is 0.160 e. The molecule has 0 aliphatic heterocycles. The van der Waals surface area contributed by atoms with Crippen molar-refractivity contribution in [2.24, 2.45) is 0 Å². The topological polar surface area (TPSA) is 43.9 Å². The van der Waals surface area contributed by atoms with Crippen molar-refractivity contribution >= 4 is 54.6 Å². The molecule has 4 heteroatoms. The van der Waals surface area contributed by atoms with Gasteiger partial charge in [-0.1, -0.05) is 117 Å². The maximum atomic E-state index is 6.36. The molecule has 1 aliphatic carbocycles. The maximum absolute atomic E-state index is 6.36. The third-order valence-electron chi connectivity index (χ3n) is 11.0. The van der Waals surface area contributed by atoms with Crippen LogP contribution in [0.25, 0.3) is 94.1 Å². The van der Waals surface area contributed by atoms with Gasteiger partial charge >= 0.3 is 0 Å². The molecule has 240 valence electrons. The molecule has 4 nitrogen and oxygen atoms in total. The number of nitrogens with zero attached hydrogens (tertiary/aromatic N) is 3. The quantitative estimate of drug-likeness (QED) is 0.191. The standard InChI is InChI=1S/C47H31N3O/c1-47(2)37-27-40-36(26-35(37)32-23-24-42-43(44(32)47)34-19-8-11-22-41(34)51-42)31-17-7-10-21-39(31)50(40)30-16-12-15-29(25-30)46-48-38-20-9-6-18-33(38)45(49-46)28-13-4-3-5-14-28/h3-27H,1-2H3. The molecule has 3 heterocycles. The van der Waals surface area contributed by atoms with E-state index >= 15 is 0 Å². The number of aromatic nitrogens is 3. The molecule has 3 aromatic heterocycles. The largest absolute Gasteiger partial charge is 0.456 e. The fourth-order valence-electron chi connectivity index (χ4n) is 8.66. The molecule has 0 spiro atoms. The summed E-state index contributed by atoms with van der Waals surface area (Å²) in [5.41, 5.74) is 14.3. The Bertz CT molecular complexity index is 3060. The van der Waals surface area contributed by atoms with E-state index < -0.39 is 0 Å². The van der Waals surface area contributed by atoms with E-state index in [1.165, 1.54) is 54.8 Å². The Morgan fingerprint density at radius 2 is 1.27 bits per heavy atom. The summed E-state index contributed by atoms with van der Waals surface area (Å²) in [5, 5.41) is 5.91. The SMILES string of the molecule is CC1(C)c2cc3c(cc2-c2ccc4oc5ccccc5c4c21)c1ccccc1n3-c1cccc(-c2nc(-c3ccccc3)c3ccccc3n2)c1. The van der Waals surface area contributed by atoms with Crippen molar-refractivity contribution in [1.29, 1.82) is 0 Å². The Labute approximate surface area is 294 Å². The summed E-state index contributed by atoms with van der Waals surface area (Å²) in [5.74, 6) is 0.712. The summed E-state index contributed by atoms with van der Waals surface area (Å²) in [6, 6.07) is 53.8. The van der Waals surface area contributed by atoms with E-state index in [0.717, 1.165) is 44.6 Å². The Kier molecular flexibility index (Phi) is 5.70. The highest BCUT2D eigenvalue weighted by atomic mass is 16.3. The third-order valence-corrected chi connectivity index (χ3v) is 11.0. The van der Waals surface area contributed by atoms with Crippen LogP contribution in [0.5, 0.6) is 0 Å². The lowest BCUT2D eigenvalue weighted by molar-refractivity contribution is 0.657. The first-order chi connectivity index (χ1) is 25.0. The van der Waals surface area contributed by atoms with Crippen molar-refractivity contribution in [3.05, 3.63) is 163 Å². The van der Waals surface area contributed by atoms with Crippen molar-refractivity contribution in [3.63, 3.8) is 0 Å². The van der Waals surface area contributed by atoms with Crippen LogP contribution in [0, 0.1) is 0 Å². The summed E-state index contributed by atoms with van der Waals surface area (Å²) in [7, 11) is 0. The van der Waals surface area contributed by atoms with Crippen LogP contribution in [-0.2, 0) is 5.41 Å². The number of para-hydroxylation sites is 3. The van der Waals surface area contributed by atoms with Gasteiger partial charge in [-0.3, -0.25) is 0 Å². The Morgan fingerprint density at radius 1 is 0.529 bits per heavy atom. The molecular weight excluding hydrogens is 623 g/mol. The summed E-state index contributed by atoms with van der Waals surface area (Å²) >= 11 is 0. The summed E-state index contributed by atoms with van der Waals surface area (Å²) in [4.78, 5) is 10.3. The van der Waals surface area contributed by atoms with Gasteiger partial charge in [0.15, 0.2) is 5.82 Å². The van der Waals surface area contributed by atoms with Gasteiger partial charge in [0.2, 0.25) is 0 Å². The Balaban J connectivity index is 1.14. The normalized spacial score (nSPS) is 13.5. The number of benzene rings is 7. The lowest BCUT2D eigenvalue weighted by Crippen LogP contribution is -2.15. The molecule has 0 saturated carbocycles. The molecule has 11 rings (SSSR count). The first kappa shape index (κ1) is 28.3. The highest BCUT2D eigenvalue weighted by Gasteiger charge is 2.39. The van der Waals surface area contributed by atoms with E-state index in [2.05, 4.69) is 152 Å². The Hall–Kier alpha value is -6.52. The minimum Gasteiger partial charge on any atom is -0.456 e. The van der Waals surface area contributed by atoms with Crippen LogP contribution in [0.4, 0.5) is 0 Å². The smallest absolute Gasteiger partial charge is 0.160 e. The lowest BCUT2D eigenvalue weighted by atomic mass is 9.80. The van der Waals surface area contributed by atoms with Gasteiger partial charge in [0.25, 0.3) is 0 Å². The van der Waals surface area contributed by atoms with Crippen LogP contribution in [0.15, 0.2) is 156 Å². The van der Waals surface area contributed by atoms with Gasteiger partial charge in [0.1, 0.15) is 11.2 Å². The molecule has 7 aromatic carbocycles. The van der Waals surface area contributed by atoms with Crippen molar-refractivity contribution < 1.29 is 4.42 Å². The average molecular weight is 654 g/mol. The van der Waals surface area contributed by atoms with E-state index in [1.54, 1.807) is 0 Å². The highest BCUT2D eigenvalue weighted by molar-refractivity contribution is 6.15. The first-order valence-electron chi connectivity index (χ1n) is 17.5. The monoisotopic (exact) mass is 653 g/mol. The molecule has 0 N–H and O–H groups in total. The van der Waals surface area contributed by atoms with Crippen LogP contribution in [-0.4, -0.2) is 14.5 Å². The Morgan fingerprint density at radius 3 is 2.16 bits per heavy atom. The molecule has 1 aliphatic rings. The molecule has 0 amide bonds. The van der Waals surface area contributed by atoms with Crippen LogP contribution in [0.1, 0.15) is 25.0 Å². The number of fused-ring (bicyclic) bond motifs is 11. The van der Waals surface area contributed by atoms with Crippen LogP contribution in [0.2, 0.25) is 0 Å². The summed E-state index contributed by atoms with van der Waals surface area (Å²) in [6.07, 6.45) is 0. The fraction of sp³-hybridized carbons (Fsp3) is 0.0638. The molecule has 51 heavy (non-hydrogen) atoms. The zero-order valence-electron chi connectivity index (χ0n) is 28.2. The highest BCUT2D eigenvalue weighted by Crippen LogP contribution is 2.54.